The number of guanidine groups is 1. The van der Waals surface area contributed by atoms with Gasteiger partial charge in [-0.1, -0.05) is 0 Å². The summed E-state index contributed by atoms with van der Waals surface area (Å²) in [6.45, 7) is 2.55. The second-order valence-electron chi connectivity index (χ2n) is 8.15. The number of alkyl halides is 3. The van der Waals surface area contributed by atoms with Gasteiger partial charge in [0.15, 0.2) is 6.19 Å². The van der Waals surface area contributed by atoms with Crippen molar-refractivity contribution >= 4 is 27.5 Å². The van der Waals surface area contributed by atoms with Gasteiger partial charge in [-0.2, -0.15) is 18.4 Å². The minimum absolute atomic E-state index is 0.0831. The van der Waals surface area contributed by atoms with Gasteiger partial charge in [-0.15, -0.1) is 11.3 Å². The molecule has 0 bridgehead atoms. The maximum absolute atomic E-state index is 13.4. The van der Waals surface area contributed by atoms with Crippen LogP contribution in [0.25, 0.3) is 10.2 Å². The number of aliphatic imine (C=N–C) groups is 1. The third-order valence-electron chi connectivity index (χ3n) is 6.16. The molecule has 0 amide bonds. The molecule has 2 aromatic heterocycles. The lowest BCUT2D eigenvalue weighted by Gasteiger charge is -2.35. The first-order valence-electron chi connectivity index (χ1n) is 10.5. The quantitative estimate of drug-likeness (QED) is 0.497. The van der Waals surface area contributed by atoms with E-state index in [9.17, 15) is 22.8 Å². The largest absolute Gasteiger partial charge is 0.390 e. The van der Waals surface area contributed by atoms with Crippen LogP contribution < -0.4 is 16.6 Å². The van der Waals surface area contributed by atoms with E-state index in [1.54, 1.807) is 14.0 Å². The lowest BCUT2D eigenvalue weighted by Crippen LogP contribution is -2.47. The van der Waals surface area contributed by atoms with Crippen molar-refractivity contribution in [1.82, 2.24) is 19.4 Å². The molecule has 1 saturated carbocycles. The summed E-state index contributed by atoms with van der Waals surface area (Å²) < 4.78 is 46.4. The number of halogens is 3. The van der Waals surface area contributed by atoms with Crippen LogP contribution in [-0.4, -0.2) is 52.5 Å². The lowest BCUT2D eigenvalue weighted by atomic mass is 9.89. The molecular formula is C20H23F3N6O3S. The van der Waals surface area contributed by atoms with Crippen molar-refractivity contribution < 1.29 is 17.9 Å². The molecule has 1 aliphatic heterocycles. The first-order chi connectivity index (χ1) is 15.6. The van der Waals surface area contributed by atoms with Crippen molar-refractivity contribution in [3.63, 3.8) is 0 Å². The highest BCUT2D eigenvalue weighted by atomic mass is 32.1. The Morgan fingerprint density at radius 2 is 2.06 bits per heavy atom. The van der Waals surface area contributed by atoms with Gasteiger partial charge in [0.1, 0.15) is 4.83 Å². The highest BCUT2D eigenvalue weighted by Crippen LogP contribution is 2.34. The fourth-order valence-corrected chi connectivity index (χ4v) is 5.57. The van der Waals surface area contributed by atoms with Crippen LogP contribution in [0.15, 0.2) is 14.6 Å². The Morgan fingerprint density at radius 3 is 2.70 bits per heavy atom. The van der Waals surface area contributed by atoms with Crippen LogP contribution in [0.2, 0.25) is 0 Å². The monoisotopic (exact) mass is 484 g/mol. The number of nitrogens with one attached hydrogen (secondary N) is 1. The van der Waals surface area contributed by atoms with Gasteiger partial charge in [-0.25, -0.2) is 4.79 Å². The lowest BCUT2D eigenvalue weighted by molar-refractivity contribution is -0.136. The average molecular weight is 485 g/mol. The van der Waals surface area contributed by atoms with E-state index in [0.29, 0.717) is 44.0 Å². The Labute approximate surface area is 190 Å². The van der Waals surface area contributed by atoms with E-state index in [0.717, 1.165) is 25.3 Å². The number of fused-ring (bicyclic) bond motifs is 1. The number of rotatable bonds is 6. The summed E-state index contributed by atoms with van der Waals surface area (Å²) in [5.74, 6) is 0.404. The van der Waals surface area contributed by atoms with Gasteiger partial charge < -0.3 is 9.64 Å². The molecule has 1 fully saturated rings. The highest BCUT2D eigenvalue weighted by Gasteiger charge is 2.35. The standard InChI is InChI=1S/C20H23F3N6O3S/c1-11-14(9-27-6-4-25-18(27)26-10-24)33-17-15(11)16(30)29(12-7-13(8-12)32-2)19(31)28(17)5-3-20(21,22)23/h12-13H,3-9H2,1-2H3,(H,25,26). The minimum atomic E-state index is -4.44. The van der Waals surface area contributed by atoms with Crippen LogP contribution in [0.1, 0.15) is 35.7 Å². The number of nitrogens with zero attached hydrogens (tertiary/aromatic N) is 5. The normalized spacial score (nSPS) is 20.6. The van der Waals surface area contributed by atoms with Crippen molar-refractivity contribution in [2.45, 2.75) is 57.6 Å². The highest BCUT2D eigenvalue weighted by molar-refractivity contribution is 7.18. The summed E-state index contributed by atoms with van der Waals surface area (Å²) in [4.78, 5) is 33.6. The number of nitriles is 1. The molecule has 178 valence electrons. The van der Waals surface area contributed by atoms with Gasteiger partial charge in [-0.05, 0) is 25.3 Å². The molecule has 13 heteroatoms. The number of hydrogen-bond donors (Lipinski definition) is 1. The number of ether oxygens (including phenoxy) is 1. The average Bonchev–Trinajstić information content (AvgIpc) is 3.27. The zero-order valence-corrected chi connectivity index (χ0v) is 18.9. The Kier molecular flexibility index (Phi) is 6.24. The van der Waals surface area contributed by atoms with Crippen LogP contribution >= 0.6 is 11.3 Å². The topological polar surface area (TPSA) is 105 Å². The molecule has 3 heterocycles. The van der Waals surface area contributed by atoms with E-state index in [1.165, 1.54) is 0 Å². The molecule has 2 aromatic rings. The zero-order valence-electron chi connectivity index (χ0n) is 18.1. The summed E-state index contributed by atoms with van der Waals surface area (Å²) in [6, 6.07) is -0.406. The van der Waals surface area contributed by atoms with Gasteiger partial charge in [-0.3, -0.25) is 24.2 Å². The Bertz CT molecular complexity index is 1250. The van der Waals surface area contributed by atoms with E-state index in [2.05, 4.69) is 10.3 Å². The molecule has 0 spiro atoms. The smallest absolute Gasteiger partial charge is 0.381 e. The van der Waals surface area contributed by atoms with Gasteiger partial charge in [0.05, 0.1) is 31.0 Å². The molecule has 4 rings (SSSR count). The summed E-state index contributed by atoms with van der Waals surface area (Å²) in [7, 11) is 1.54. The molecule has 9 nitrogen and oxygen atoms in total. The predicted molar refractivity (Wildman–Crippen MR) is 116 cm³/mol. The summed E-state index contributed by atoms with van der Waals surface area (Å²) in [5.41, 5.74) is -0.581. The van der Waals surface area contributed by atoms with Gasteiger partial charge in [0, 0.05) is 31.1 Å². The molecular weight excluding hydrogens is 461 g/mol. The SMILES string of the molecule is COC1CC(n2c(=O)c3c(C)c(CN4CCN=C4NC#N)sc3n(CCC(F)(F)F)c2=O)C1. The molecule has 1 aliphatic carbocycles. The maximum Gasteiger partial charge on any atom is 0.390 e. The first kappa shape index (κ1) is 23.3. The Balaban J connectivity index is 1.80. The summed E-state index contributed by atoms with van der Waals surface area (Å²) >= 11 is 1.14. The number of hydrogen-bond acceptors (Lipinski definition) is 8. The fourth-order valence-electron chi connectivity index (χ4n) is 4.24. The van der Waals surface area contributed by atoms with Crippen molar-refractivity contribution in [3.8, 4) is 6.19 Å². The van der Waals surface area contributed by atoms with Gasteiger partial charge >= 0.3 is 11.9 Å². The van der Waals surface area contributed by atoms with Crippen LogP contribution in [0, 0.1) is 18.4 Å². The zero-order chi connectivity index (χ0) is 23.9. The van der Waals surface area contributed by atoms with E-state index in [-0.39, 0.29) is 16.3 Å². The van der Waals surface area contributed by atoms with E-state index >= 15 is 0 Å². The number of thiophene rings is 1. The molecule has 0 radical (unpaired) electrons. The molecule has 0 saturated heterocycles. The Hall–Kier alpha value is -2.85. The van der Waals surface area contributed by atoms with Crippen molar-refractivity contribution in [1.29, 1.82) is 5.26 Å². The third kappa shape index (κ3) is 4.37. The number of aromatic nitrogens is 2. The van der Waals surface area contributed by atoms with Crippen LogP contribution in [0.3, 0.4) is 0 Å². The summed E-state index contributed by atoms with van der Waals surface area (Å²) in [5, 5.41) is 11.7. The molecule has 0 atom stereocenters. The first-order valence-corrected chi connectivity index (χ1v) is 11.3. The van der Waals surface area contributed by atoms with Crippen LogP contribution in [0.4, 0.5) is 13.2 Å². The third-order valence-corrected chi connectivity index (χ3v) is 7.46. The maximum atomic E-state index is 13.4. The Morgan fingerprint density at radius 1 is 1.33 bits per heavy atom. The second-order valence-corrected chi connectivity index (χ2v) is 9.24. The molecule has 0 unspecified atom stereocenters. The second kappa shape index (κ2) is 8.83. The summed E-state index contributed by atoms with van der Waals surface area (Å²) in [6.07, 6.45) is -2.95. The van der Waals surface area contributed by atoms with Crippen LogP contribution in [0.5, 0.6) is 0 Å². The number of aryl methyl sites for hydroxylation is 2. The van der Waals surface area contributed by atoms with Crippen molar-refractivity contribution in [3.05, 3.63) is 31.3 Å². The molecule has 0 aromatic carbocycles. The predicted octanol–water partition coefficient (Wildman–Crippen LogP) is 2.08. The minimum Gasteiger partial charge on any atom is -0.381 e. The van der Waals surface area contributed by atoms with E-state index in [4.69, 9.17) is 10.00 Å². The van der Waals surface area contributed by atoms with Crippen molar-refractivity contribution in [2.24, 2.45) is 4.99 Å². The van der Waals surface area contributed by atoms with E-state index in [1.807, 2.05) is 11.1 Å². The molecule has 33 heavy (non-hydrogen) atoms. The van der Waals surface area contributed by atoms with Crippen molar-refractivity contribution in [2.75, 3.05) is 20.2 Å². The van der Waals surface area contributed by atoms with E-state index < -0.39 is 36.4 Å². The molecule has 1 N–H and O–H groups in total. The van der Waals surface area contributed by atoms with Gasteiger partial charge in [0.25, 0.3) is 5.56 Å². The van der Waals surface area contributed by atoms with Crippen LogP contribution in [-0.2, 0) is 17.8 Å². The molecule has 2 aliphatic rings. The fraction of sp³-hybridized carbons (Fsp3) is 0.600. The number of methoxy groups -OCH3 is 1. The van der Waals surface area contributed by atoms with Gasteiger partial charge in [0.2, 0.25) is 5.96 Å².